The Hall–Kier alpha value is -2.04. The average Bonchev–Trinajstić information content (AvgIpc) is 3.29. The van der Waals surface area contributed by atoms with Gasteiger partial charge in [-0.1, -0.05) is 11.3 Å². The first-order valence-corrected chi connectivity index (χ1v) is 9.73. The molecule has 7 nitrogen and oxygen atoms in total. The van der Waals surface area contributed by atoms with Gasteiger partial charge in [0.15, 0.2) is 5.65 Å². The van der Waals surface area contributed by atoms with Gasteiger partial charge in [-0.2, -0.15) is 4.68 Å². The molecule has 23 heavy (non-hydrogen) atoms. The molecular weight excluding hydrogens is 352 g/mol. The van der Waals surface area contributed by atoms with E-state index >= 15 is 0 Å². The van der Waals surface area contributed by atoms with E-state index in [4.69, 9.17) is 0 Å². The minimum atomic E-state index is -0.252. The van der Waals surface area contributed by atoms with Crippen molar-refractivity contribution in [2.24, 2.45) is 0 Å². The maximum absolute atomic E-state index is 12.3. The van der Waals surface area contributed by atoms with Crippen molar-refractivity contribution in [1.82, 2.24) is 29.4 Å². The number of nitrogens with zero attached hydrogens (tertiary/aromatic N) is 6. The van der Waals surface area contributed by atoms with Gasteiger partial charge in [0.1, 0.15) is 17.0 Å². The number of thiophene rings is 1. The van der Waals surface area contributed by atoms with E-state index in [1.165, 1.54) is 38.5 Å². The van der Waals surface area contributed by atoms with Crippen LogP contribution in [0.5, 0.6) is 0 Å². The first-order chi connectivity index (χ1) is 11.3. The number of fused-ring (bicyclic) bond motifs is 1. The van der Waals surface area contributed by atoms with E-state index in [9.17, 15) is 4.79 Å². The highest BCUT2D eigenvalue weighted by molar-refractivity contribution is 7.97. The monoisotopic (exact) mass is 362 g/mol. The first-order valence-electron chi connectivity index (χ1n) is 6.57. The minimum Gasteiger partial charge on any atom is -0.245 e. The summed E-state index contributed by atoms with van der Waals surface area (Å²) >= 11 is 4.61. The highest BCUT2D eigenvalue weighted by atomic mass is 32.2. The molecule has 0 saturated carbocycles. The van der Waals surface area contributed by atoms with Crippen LogP contribution in [0.3, 0.4) is 0 Å². The van der Waals surface area contributed by atoms with Crippen molar-refractivity contribution in [1.29, 1.82) is 0 Å². The number of thiazole rings is 1. The fourth-order valence-corrected chi connectivity index (χ4v) is 4.09. The van der Waals surface area contributed by atoms with E-state index in [0.717, 1.165) is 15.6 Å². The van der Waals surface area contributed by atoms with Gasteiger partial charge in [-0.25, -0.2) is 19.2 Å². The van der Waals surface area contributed by atoms with Gasteiger partial charge < -0.3 is 0 Å². The molecule has 0 atom stereocenters. The first kappa shape index (κ1) is 14.5. The summed E-state index contributed by atoms with van der Waals surface area (Å²) < 4.78 is 2.72. The third-order valence-corrected chi connectivity index (χ3v) is 5.39. The van der Waals surface area contributed by atoms with E-state index in [2.05, 4.69) is 20.3 Å². The molecule has 10 heteroatoms. The molecule has 0 aromatic carbocycles. The highest BCUT2D eigenvalue weighted by Crippen LogP contribution is 2.31. The maximum atomic E-state index is 12.3. The topological polar surface area (TPSA) is 78.0 Å². The van der Waals surface area contributed by atoms with Crippen molar-refractivity contribution in [3.8, 4) is 21.3 Å². The van der Waals surface area contributed by atoms with Crippen LogP contribution in [0.25, 0.3) is 26.9 Å². The predicted molar refractivity (Wildman–Crippen MR) is 93.0 cm³/mol. The summed E-state index contributed by atoms with van der Waals surface area (Å²) in [5.41, 5.74) is 1.67. The number of imidazole rings is 1. The number of hydrogen-bond acceptors (Lipinski definition) is 8. The minimum absolute atomic E-state index is 0.252. The third kappa shape index (κ3) is 2.48. The fourth-order valence-electron chi connectivity index (χ4n) is 2.11. The molecule has 116 valence electrons. The Labute approximate surface area is 142 Å². The van der Waals surface area contributed by atoms with E-state index in [1.54, 1.807) is 11.3 Å². The summed E-state index contributed by atoms with van der Waals surface area (Å²) in [4.78, 5) is 22.3. The molecule has 0 bridgehead atoms. The van der Waals surface area contributed by atoms with Crippen LogP contribution in [0.4, 0.5) is 0 Å². The summed E-state index contributed by atoms with van der Waals surface area (Å²) in [6.45, 7) is 0. The van der Waals surface area contributed by atoms with E-state index in [-0.39, 0.29) is 5.69 Å². The molecule has 4 aromatic rings. The lowest BCUT2D eigenvalue weighted by Crippen LogP contribution is -2.28. The van der Waals surface area contributed by atoms with Gasteiger partial charge in [0.2, 0.25) is 0 Å². The van der Waals surface area contributed by atoms with Crippen LogP contribution in [0.15, 0.2) is 34.0 Å². The van der Waals surface area contributed by atoms with Crippen LogP contribution in [0.2, 0.25) is 0 Å². The summed E-state index contributed by atoms with van der Waals surface area (Å²) in [6.07, 6.45) is 3.38. The Morgan fingerprint density at radius 3 is 3.04 bits per heavy atom. The molecule has 4 rings (SSSR count). The van der Waals surface area contributed by atoms with E-state index < -0.39 is 0 Å². The predicted octanol–water partition coefficient (Wildman–Crippen LogP) is 2.46. The molecular formula is C13H10N6OS3. The molecule has 0 unspecified atom stereocenters. The Balaban J connectivity index is 1.81. The standard InChI is InChI=1S/C13H10N6OS3/c1-21-7-19-13(20)18-6-14-10(11(18)16-17-19)12-15-8(5-23-12)9-3-2-4-22-9/h2-6H,7H2,1H3. The van der Waals surface area contributed by atoms with Crippen molar-refractivity contribution in [2.75, 3.05) is 6.26 Å². The molecule has 0 radical (unpaired) electrons. The van der Waals surface area contributed by atoms with Gasteiger partial charge in [0.05, 0.1) is 16.4 Å². The van der Waals surface area contributed by atoms with Crippen molar-refractivity contribution < 1.29 is 0 Å². The zero-order chi connectivity index (χ0) is 15.8. The number of thioether (sulfide) groups is 1. The van der Waals surface area contributed by atoms with Crippen molar-refractivity contribution in [3.05, 3.63) is 39.7 Å². The van der Waals surface area contributed by atoms with Gasteiger partial charge in [-0.15, -0.1) is 39.5 Å². The zero-order valence-electron chi connectivity index (χ0n) is 11.9. The number of aromatic nitrogens is 6. The summed E-state index contributed by atoms with van der Waals surface area (Å²) in [5, 5.41) is 12.8. The lowest BCUT2D eigenvalue weighted by Gasteiger charge is -2.00. The summed E-state index contributed by atoms with van der Waals surface area (Å²) in [5.74, 6) is 0.453. The molecule has 0 aliphatic rings. The van der Waals surface area contributed by atoms with Gasteiger partial charge >= 0.3 is 5.69 Å². The second-order valence-corrected chi connectivity index (χ2v) is 7.23. The van der Waals surface area contributed by atoms with Crippen molar-refractivity contribution in [3.63, 3.8) is 0 Å². The summed E-state index contributed by atoms with van der Waals surface area (Å²) in [7, 11) is 0. The van der Waals surface area contributed by atoms with Crippen molar-refractivity contribution >= 4 is 40.1 Å². The molecule has 0 aliphatic heterocycles. The molecule has 4 heterocycles. The molecule has 0 amide bonds. The van der Waals surface area contributed by atoms with Crippen LogP contribution in [0, 0.1) is 0 Å². The number of hydrogen-bond donors (Lipinski definition) is 0. The average molecular weight is 362 g/mol. The summed E-state index contributed by atoms with van der Waals surface area (Å²) in [6, 6.07) is 4.01. The van der Waals surface area contributed by atoms with Crippen LogP contribution in [0.1, 0.15) is 0 Å². The Morgan fingerprint density at radius 2 is 2.26 bits per heavy atom. The quantitative estimate of drug-likeness (QED) is 0.555. The Morgan fingerprint density at radius 1 is 1.35 bits per heavy atom. The second kappa shape index (κ2) is 5.87. The van der Waals surface area contributed by atoms with E-state index in [1.807, 2.05) is 29.1 Å². The molecule has 0 spiro atoms. The van der Waals surface area contributed by atoms with Crippen LogP contribution in [-0.2, 0) is 5.88 Å². The van der Waals surface area contributed by atoms with Gasteiger partial charge in [0.25, 0.3) is 0 Å². The van der Waals surface area contributed by atoms with Gasteiger partial charge in [-0.05, 0) is 17.7 Å². The highest BCUT2D eigenvalue weighted by Gasteiger charge is 2.16. The van der Waals surface area contributed by atoms with E-state index in [0.29, 0.717) is 17.2 Å². The molecule has 0 saturated heterocycles. The number of rotatable bonds is 4. The Bertz CT molecular complexity index is 1020. The maximum Gasteiger partial charge on any atom is 0.353 e. The fraction of sp³-hybridized carbons (Fsp3) is 0.154. The van der Waals surface area contributed by atoms with Crippen LogP contribution < -0.4 is 5.69 Å². The zero-order valence-corrected chi connectivity index (χ0v) is 14.4. The molecule has 0 fully saturated rings. The van der Waals surface area contributed by atoms with Gasteiger partial charge in [-0.3, -0.25) is 0 Å². The second-order valence-electron chi connectivity index (χ2n) is 4.59. The van der Waals surface area contributed by atoms with Gasteiger partial charge in [0, 0.05) is 5.38 Å². The van der Waals surface area contributed by atoms with Crippen LogP contribution >= 0.6 is 34.4 Å². The largest absolute Gasteiger partial charge is 0.353 e. The normalized spacial score (nSPS) is 11.3. The molecule has 0 N–H and O–H groups in total. The van der Waals surface area contributed by atoms with Crippen LogP contribution in [-0.4, -0.2) is 35.6 Å². The lowest BCUT2D eigenvalue weighted by molar-refractivity contribution is 0.598. The smallest absolute Gasteiger partial charge is 0.245 e. The van der Waals surface area contributed by atoms with Crippen molar-refractivity contribution in [2.45, 2.75) is 5.88 Å². The molecule has 4 aromatic heterocycles. The SMILES string of the molecule is CSCn1nnc2c(-c3nc(-c4cccs4)cs3)ncn2c1=O. The lowest BCUT2D eigenvalue weighted by atomic mass is 10.4. The third-order valence-electron chi connectivity index (χ3n) is 3.15. The Kier molecular flexibility index (Phi) is 3.71. The molecule has 0 aliphatic carbocycles.